The minimum absolute atomic E-state index is 0.0264. The first-order valence-corrected chi connectivity index (χ1v) is 8.58. The summed E-state index contributed by atoms with van der Waals surface area (Å²) < 4.78 is 0. The van der Waals surface area contributed by atoms with E-state index in [0.29, 0.717) is 12.1 Å². The van der Waals surface area contributed by atoms with Crippen LogP contribution in [-0.4, -0.2) is 22.7 Å². The average molecular weight is 336 g/mol. The van der Waals surface area contributed by atoms with Crippen LogP contribution in [0.1, 0.15) is 22.3 Å². The molecule has 0 radical (unpaired) electrons. The minimum Gasteiger partial charge on any atom is -0.395 e. The van der Waals surface area contributed by atoms with Crippen molar-refractivity contribution >= 4 is 10.9 Å². The van der Waals surface area contributed by atoms with Crippen molar-refractivity contribution in [3.8, 4) is 0 Å². The Labute approximate surface area is 147 Å². The monoisotopic (exact) mass is 336 g/mol. The maximum Gasteiger partial charge on any atom is 0.252 e. The van der Waals surface area contributed by atoms with Crippen molar-refractivity contribution in [2.75, 3.05) is 6.61 Å². The number of aromatic amines is 1. The highest BCUT2D eigenvalue weighted by Gasteiger charge is 2.10. The van der Waals surface area contributed by atoms with Crippen molar-refractivity contribution < 1.29 is 5.11 Å². The molecular weight excluding hydrogens is 312 g/mol. The van der Waals surface area contributed by atoms with Gasteiger partial charge in [0, 0.05) is 18.2 Å². The van der Waals surface area contributed by atoms with Crippen molar-refractivity contribution in [1.29, 1.82) is 0 Å². The zero-order valence-electron chi connectivity index (χ0n) is 14.7. The highest BCUT2D eigenvalue weighted by molar-refractivity contribution is 5.82. The standard InChI is InChI=1S/C21H24N2O2/c1-14-8-15(2)20-17(9-14)11-18(21(25)23-20)12-22-19(13-24)10-16-6-4-3-5-7-16/h3-9,11,19,22,24H,10,12-13H2,1-2H3,(H,23,25)/t19-/m0/s1. The van der Waals surface area contributed by atoms with Gasteiger partial charge in [-0.05, 0) is 48.9 Å². The second-order valence-electron chi connectivity index (χ2n) is 6.62. The van der Waals surface area contributed by atoms with Crippen LogP contribution in [0.3, 0.4) is 0 Å². The molecular formula is C21H24N2O2. The van der Waals surface area contributed by atoms with Gasteiger partial charge in [-0.1, -0.05) is 42.0 Å². The highest BCUT2D eigenvalue weighted by Crippen LogP contribution is 2.18. The van der Waals surface area contributed by atoms with Gasteiger partial charge in [0.25, 0.3) is 5.56 Å². The summed E-state index contributed by atoms with van der Waals surface area (Å²) in [5.41, 5.74) is 4.90. The number of hydrogen-bond donors (Lipinski definition) is 3. The molecule has 1 aromatic heterocycles. The van der Waals surface area contributed by atoms with Gasteiger partial charge in [-0.15, -0.1) is 0 Å². The Balaban J connectivity index is 1.78. The molecule has 0 aliphatic heterocycles. The van der Waals surface area contributed by atoms with E-state index < -0.39 is 0 Å². The van der Waals surface area contributed by atoms with Crippen LogP contribution in [0.2, 0.25) is 0 Å². The first kappa shape index (κ1) is 17.4. The van der Waals surface area contributed by atoms with E-state index in [0.717, 1.165) is 28.5 Å². The third-order valence-electron chi connectivity index (χ3n) is 4.50. The Kier molecular flexibility index (Phi) is 5.31. The number of benzene rings is 2. The van der Waals surface area contributed by atoms with Gasteiger partial charge in [0.15, 0.2) is 0 Å². The lowest BCUT2D eigenvalue weighted by molar-refractivity contribution is 0.240. The molecule has 3 aromatic rings. The van der Waals surface area contributed by atoms with Gasteiger partial charge >= 0.3 is 0 Å². The van der Waals surface area contributed by atoms with Crippen molar-refractivity contribution in [2.24, 2.45) is 0 Å². The first-order chi connectivity index (χ1) is 12.1. The predicted octanol–water partition coefficient (Wildman–Crippen LogP) is 2.84. The Bertz CT molecular complexity index is 916. The third-order valence-corrected chi connectivity index (χ3v) is 4.50. The van der Waals surface area contributed by atoms with E-state index in [4.69, 9.17) is 0 Å². The molecule has 130 valence electrons. The van der Waals surface area contributed by atoms with Crippen LogP contribution < -0.4 is 10.9 Å². The van der Waals surface area contributed by atoms with E-state index in [2.05, 4.69) is 29.4 Å². The maximum atomic E-state index is 12.4. The molecule has 2 aromatic carbocycles. The number of nitrogens with one attached hydrogen (secondary N) is 2. The van der Waals surface area contributed by atoms with Crippen molar-refractivity contribution in [3.05, 3.63) is 81.1 Å². The van der Waals surface area contributed by atoms with Gasteiger partial charge in [-0.2, -0.15) is 0 Å². The lowest BCUT2D eigenvalue weighted by atomic mass is 10.0. The molecule has 1 atom stereocenters. The van der Waals surface area contributed by atoms with Crippen molar-refractivity contribution in [3.63, 3.8) is 0 Å². The largest absolute Gasteiger partial charge is 0.395 e. The Morgan fingerprint density at radius 2 is 1.88 bits per heavy atom. The van der Waals surface area contributed by atoms with Crippen LogP contribution in [0, 0.1) is 13.8 Å². The van der Waals surface area contributed by atoms with Gasteiger partial charge in [0.1, 0.15) is 0 Å². The molecule has 4 nitrogen and oxygen atoms in total. The SMILES string of the molecule is Cc1cc(C)c2[nH]c(=O)c(CN[C@H](CO)Cc3ccccc3)cc2c1. The van der Waals surface area contributed by atoms with E-state index >= 15 is 0 Å². The lowest BCUT2D eigenvalue weighted by Crippen LogP contribution is -2.35. The van der Waals surface area contributed by atoms with Crippen LogP contribution in [0.4, 0.5) is 0 Å². The minimum atomic E-state index is -0.0863. The molecule has 0 amide bonds. The molecule has 1 heterocycles. The van der Waals surface area contributed by atoms with E-state index in [9.17, 15) is 9.90 Å². The zero-order chi connectivity index (χ0) is 17.8. The molecule has 25 heavy (non-hydrogen) atoms. The second-order valence-corrected chi connectivity index (χ2v) is 6.62. The van der Waals surface area contributed by atoms with Crippen molar-refractivity contribution in [2.45, 2.75) is 32.9 Å². The molecule has 4 heteroatoms. The summed E-state index contributed by atoms with van der Waals surface area (Å²) >= 11 is 0. The van der Waals surface area contributed by atoms with E-state index in [1.165, 1.54) is 5.56 Å². The fraction of sp³-hybridized carbons (Fsp3) is 0.286. The number of aromatic nitrogens is 1. The fourth-order valence-corrected chi connectivity index (χ4v) is 3.22. The Morgan fingerprint density at radius 3 is 2.60 bits per heavy atom. The predicted molar refractivity (Wildman–Crippen MR) is 102 cm³/mol. The van der Waals surface area contributed by atoms with Gasteiger partial charge in [0.2, 0.25) is 0 Å². The number of H-pyrrole nitrogens is 1. The Morgan fingerprint density at radius 1 is 1.12 bits per heavy atom. The topological polar surface area (TPSA) is 65.1 Å². The molecule has 3 N–H and O–H groups in total. The van der Waals surface area contributed by atoms with Crippen LogP contribution in [0.5, 0.6) is 0 Å². The maximum absolute atomic E-state index is 12.4. The Hall–Kier alpha value is -2.43. The van der Waals surface area contributed by atoms with E-state index in [-0.39, 0.29) is 18.2 Å². The van der Waals surface area contributed by atoms with E-state index in [1.54, 1.807) is 0 Å². The first-order valence-electron chi connectivity index (χ1n) is 8.58. The summed E-state index contributed by atoms with van der Waals surface area (Å²) in [6.45, 7) is 4.51. The third kappa shape index (κ3) is 4.16. The summed E-state index contributed by atoms with van der Waals surface area (Å²) in [6.07, 6.45) is 0.723. The molecule has 0 saturated heterocycles. The van der Waals surface area contributed by atoms with Gasteiger partial charge < -0.3 is 15.4 Å². The van der Waals surface area contributed by atoms with Gasteiger partial charge in [-0.3, -0.25) is 4.79 Å². The molecule has 0 unspecified atom stereocenters. The molecule has 0 saturated carbocycles. The molecule has 3 rings (SSSR count). The quantitative estimate of drug-likeness (QED) is 0.648. The van der Waals surface area contributed by atoms with Crippen LogP contribution in [0.25, 0.3) is 10.9 Å². The fourth-order valence-electron chi connectivity index (χ4n) is 3.22. The van der Waals surface area contributed by atoms with Gasteiger partial charge in [0.05, 0.1) is 12.1 Å². The number of fused-ring (bicyclic) bond motifs is 1. The van der Waals surface area contributed by atoms with Crippen LogP contribution >= 0.6 is 0 Å². The summed E-state index contributed by atoms with van der Waals surface area (Å²) in [5, 5.41) is 14.0. The van der Waals surface area contributed by atoms with E-state index in [1.807, 2.05) is 43.3 Å². The number of aliphatic hydroxyl groups excluding tert-OH is 1. The molecule has 0 spiro atoms. The van der Waals surface area contributed by atoms with Crippen molar-refractivity contribution in [1.82, 2.24) is 10.3 Å². The zero-order valence-corrected chi connectivity index (χ0v) is 14.7. The average Bonchev–Trinajstić information content (AvgIpc) is 2.60. The molecule has 0 aliphatic rings. The summed E-state index contributed by atoms with van der Waals surface area (Å²) in [7, 11) is 0. The second kappa shape index (κ2) is 7.64. The highest BCUT2D eigenvalue weighted by atomic mass is 16.3. The van der Waals surface area contributed by atoms with Crippen LogP contribution in [-0.2, 0) is 13.0 Å². The molecule has 0 bridgehead atoms. The number of pyridine rings is 1. The molecule has 0 aliphatic carbocycles. The number of aliphatic hydroxyl groups is 1. The lowest BCUT2D eigenvalue weighted by Gasteiger charge is -2.16. The van der Waals surface area contributed by atoms with Gasteiger partial charge in [-0.25, -0.2) is 0 Å². The van der Waals surface area contributed by atoms with Crippen LogP contribution in [0.15, 0.2) is 53.3 Å². The summed E-state index contributed by atoms with van der Waals surface area (Å²) in [4.78, 5) is 15.4. The summed E-state index contributed by atoms with van der Waals surface area (Å²) in [6, 6.07) is 16.0. The summed E-state index contributed by atoms with van der Waals surface area (Å²) in [5.74, 6) is 0. The smallest absolute Gasteiger partial charge is 0.252 e. The normalized spacial score (nSPS) is 12.4. The molecule has 0 fully saturated rings. The number of rotatable bonds is 6. The number of aryl methyl sites for hydroxylation is 2. The number of hydrogen-bond acceptors (Lipinski definition) is 3.